The van der Waals surface area contributed by atoms with E-state index >= 15 is 0 Å². The van der Waals surface area contributed by atoms with Gasteiger partial charge >= 0.3 is 5.82 Å². The molecule has 0 aliphatic heterocycles. The van der Waals surface area contributed by atoms with Gasteiger partial charge in [-0.1, -0.05) is 12.0 Å². The van der Waals surface area contributed by atoms with Crippen molar-refractivity contribution in [3.05, 3.63) is 21.9 Å². The number of H-pyrrole nitrogens is 1. The molecular formula is C7H12N4O3. The number of nitrogens with one attached hydrogen (secondary N) is 1. The molecule has 0 spiro atoms. The molecule has 0 saturated heterocycles. The third-order valence-electron chi connectivity index (χ3n) is 2.25. The van der Waals surface area contributed by atoms with Gasteiger partial charge in [-0.3, -0.25) is 0 Å². The van der Waals surface area contributed by atoms with Crippen LogP contribution in [-0.4, -0.2) is 33.4 Å². The van der Waals surface area contributed by atoms with Gasteiger partial charge in [0.1, 0.15) is 0 Å². The van der Waals surface area contributed by atoms with E-state index < -0.39 is 10.3 Å². The summed E-state index contributed by atoms with van der Waals surface area (Å²) in [6, 6.07) is 0. The predicted octanol–water partition coefficient (Wildman–Crippen LogP) is -0.473. The van der Waals surface area contributed by atoms with E-state index in [1.807, 2.05) is 0 Å². The molecule has 14 heavy (non-hydrogen) atoms. The van der Waals surface area contributed by atoms with Crippen molar-refractivity contribution in [1.29, 1.82) is 0 Å². The molecule has 4 N–H and O–H groups in total. The Morgan fingerprint density at radius 3 is 2.93 bits per heavy atom. The van der Waals surface area contributed by atoms with E-state index in [0.717, 1.165) is 0 Å². The van der Waals surface area contributed by atoms with Gasteiger partial charge in [-0.05, 0) is 4.92 Å². The van der Waals surface area contributed by atoms with E-state index in [4.69, 9.17) is 10.8 Å². The minimum Gasteiger partial charge on any atom is -0.395 e. The molecule has 1 rings (SSSR count). The van der Waals surface area contributed by atoms with Crippen LogP contribution in [0.15, 0.2) is 6.20 Å². The summed E-state index contributed by atoms with van der Waals surface area (Å²) in [5, 5.41) is 25.5. The molecule has 7 heteroatoms. The Bertz CT molecular complexity index is 331. The van der Waals surface area contributed by atoms with E-state index in [-0.39, 0.29) is 19.0 Å². The van der Waals surface area contributed by atoms with Crippen molar-refractivity contribution >= 4 is 5.82 Å². The standard InChI is InChI=1S/C7H12N4O3/c1-7(3-8,4-12)5-2-9-10-6(5)11(13)14/h2,12H,3-4,8H2,1H3,(H,9,10). The van der Waals surface area contributed by atoms with Crippen molar-refractivity contribution in [2.45, 2.75) is 12.3 Å². The molecule has 0 saturated carbocycles. The Morgan fingerprint density at radius 1 is 1.86 bits per heavy atom. The van der Waals surface area contributed by atoms with E-state index in [1.54, 1.807) is 6.92 Å². The summed E-state index contributed by atoms with van der Waals surface area (Å²) in [6.07, 6.45) is 1.32. The topological polar surface area (TPSA) is 118 Å². The Morgan fingerprint density at radius 2 is 2.50 bits per heavy atom. The van der Waals surface area contributed by atoms with Crippen molar-refractivity contribution in [3.63, 3.8) is 0 Å². The van der Waals surface area contributed by atoms with Crippen LogP contribution >= 0.6 is 0 Å². The molecule has 0 aliphatic carbocycles. The lowest BCUT2D eigenvalue weighted by atomic mass is 9.85. The first-order chi connectivity index (χ1) is 6.55. The minimum atomic E-state index is -0.824. The zero-order valence-corrected chi connectivity index (χ0v) is 7.73. The van der Waals surface area contributed by atoms with Gasteiger partial charge in [0.25, 0.3) is 0 Å². The number of nitro groups is 1. The monoisotopic (exact) mass is 200 g/mol. The maximum atomic E-state index is 10.6. The van der Waals surface area contributed by atoms with Crippen molar-refractivity contribution < 1.29 is 10.0 Å². The molecule has 1 heterocycles. The van der Waals surface area contributed by atoms with Gasteiger partial charge in [-0.25, -0.2) is 0 Å². The van der Waals surface area contributed by atoms with Crippen molar-refractivity contribution in [2.75, 3.05) is 13.2 Å². The second kappa shape index (κ2) is 3.72. The lowest BCUT2D eigenvalue weighted by Gasteiger charge is -2.22. The largest absolute Gasteiger partial charge is 0.395 e. The van der Waals surface area contributed by atoms with Gasteiger partial charge in [0.2, 0.25) is 0 Å². The fraction of sp³-hybridized carbons (Fsp3) is 0.571. The number of rotatable bonds is 4. The summed E-state index contributed by atoms with van der Waals surface area (Å²) in [4.78, 5) is 10.00. The van der Waals surface area contributed by atoms with Crippen LogP contribution < -0.4 is 5.73 Å². The zero-order valence-electron chi connectivity index (χ0n) is 7.73. The summed E-state index contributed by atoms with van der Waals surface area (Å²) in [5.41, 5.74) is 4.96. The van der Waals surface area contributed by atoms with E-state index in [1.165, 1.54) is 6.20 Å². The Balaban J connectivity index is 3.17. The number of hydrogen-bond acceptors (Lipinski definition) is 5. The van der Waals surface area contributed by atoms with Gasteiger partial charge in [-0.2, -0.15) is 0 Å². The van der Waals surface area contributed by atoms with Crippen LogP contribution in [0.25, 0.3) is 0 Å². The highest BCUT2D eigenvalue weighted by molar-refractivity contribution is 5.37. The molecule has 0 aromatic carbocycles. The quantitative estimate of drug-likeness (QED) is 0.448. The molecule has 0 aliphatic rings. The normalized spacial score (nSPS) is 15.1. The molecular weight excluding hydrogens is 188 g/mol. The first-order valence-corrected chi connectivity index (χ1v) is 4.04. The maximum absolute atomic E-state index is 10.6. The van der Waals surface area contributed by atoms with Crippen molar-refractivity contribution in [3.8, 4) is 0 Å². The molecule has 7 nitrogen and oxygen atoms in total. The molecule has 0 radical (unpaired) electrons. The molecule has 0 amide bonds. The average Bonchev–Trinajstić information content (AvgIpc) is 2.65. The number of aromatic amines is 1. The molecule has 1 aromatic heterocycles. The first-order valence-electron chi connectivity index (χ1n) is 4.04. The highest BCUT2D eigenvalue weighted by Crippen LogP contribution is 2.28. The van der Waals surface area contributed by atoms with Crippen LogP contribution in [0.5, 0.6) is 0 Å². The minimum absolute atomic E-state index is 0.115. The van der Waals surface area contributed by atoms with E-state index in [9.17, 15) is 10.1 Å². The van der Waals surface area contributed by atoms with Crippen LogP contribution in [0, 0.1) is 10.1 Å². The van der Waals surface area contributed by atoms with Crippen LogP contribution in [0.3, 0.4) is 0 Å². The number of nitrogens with two attached hydrogens (primary N) is 1. The molecule has 78 valence electrons. The highest BCUT2D eigenvalue weighted by atomic mass is 16.6. The molecule has 1 atom stereocenters. The van der Waals surface area contributed by atoms with Gasteiger partial charge < -0.3 is 21.0 Å². The summed E-state index contributed by atoms with van der Waals surface area (Å²) in [7, 11) is 0. The Hall–Kier alpha value is -1.47. The van der Waals surface area contributed by atoms with Crippen LogP contribution in [0.2, 0.25) is 0 Å². The zero-order chi connectivity index (χ0) is 10.8. The summed E-state index contributed by atoms with van der Waals surface area (Å²) in [6.45, 7) is 1.50. The fourth-order valence-electron chi connectivity index (χ4n) is 1.12. The molecule has 1 aromatic rings. The summed E-state index contributed by atoms with van der Waals surface area (Å²) in [5.74, 6) is -0.216. The second-order valence-corrected chi connectivity index (χ2v) is 3.31. The maximum Gasteiger partial charge on any atom is 0.346 e. The van der Waals surface area contributed by atoms with Gasteiger partial charge in [0, 0.05) is 12.0 Å². The summed E-state index contributed by atoms with van der Waals surface area (Å²) < 4.78 is 0. The van der Waals surface area contributed by atoms with Crippen LogP contribution in [-0.2, 0) is 5.41 Å². The third kappa shape index (κ3) is 1.59. The lowest BCUT2D eigenvalue weighted by molar-refractivity contribution is -0.390. The van der Waals surface area contributed by atoms with E-state index in [0.29, 0.717) is 5.56 Å². The molecule has 0 fully saturated rings. The van der Waals surface area contributed by atoms with Crippen LogP contribution in [0.1, 0.15) is 12.5 Å². The average molecular weight is 200 g/mol. The smallest absolute Gasteiger partial charge is 0.346 e. The SMILES string of the molecule is CC(CN)(CO)c1cn[nH]c1[N+](=O)[O-]. The molecule has 0 bridgehead atoms. The third-order valence-corrected chi connectivity index (χ3v) is 2.25. The fourth-order valence-corrected chi connectivity index (χ4v) is 1.12. The Labute approximate surface area is 80.1 Å². The number of hydrogen-bond donors (Lipinski definition) is 3. The number of nitrogens with zero attached hydrogens (tertiary/aromatic N) is 2. The van der Waals surface area contributed by atoms with Gasteiger partial charge in [0.15, 0.2) is 0 Å². The lowest BCUT2D eigenvalue weighted by Crippen LogP contribution is -2.35. The number of aliphatic hydroxyl groups is 1. The van der Waals surface area contributed by atoms with Gasteiger partial charge in [0.05, 0.1) is 18.4 Å². The highest BCUT2D eigenvalue weighted by Gasteiger charge is 2.33. The van der Waals surface area contributed by atoms with E-state index in [2.05, 4.69) is 10.2 Å². The second-order valence-electron chi connectivity index (χ2n) is 3.31. The predicted molar refractivity (Wildman–Crippen MR) is 48.7 cm³/mol. The number of aromatic nitrogens is 2. The van der Waals surface area contributed by atoms with Gasteiger partial charge in [-0.15, -0.1) is 5.10 Å². The summed E-state index contributed by atoms with van der Waals surface area (Å²) >= 11 is 0. The van der Waals surface area contributed by atoms with Crippen LogP contribution in [0.4, 0.5) is 5.82 Å². The number of aliphatic hydroxyl groups excluding tert-OH is 1. The van der Waals surface area contributed by atoms with Crippen molar-refractivity contribution in [2.24, 2.45) is 5.73 Å². The van der Waals surface area contributed by atoms with Crippen molar-refractivity contribution in [1.82, 2.24) is 10.2 Å². The first kappa shape index (κ1) is 10.6. The molecule has 1 unspecified atom stereocenters. The Kier molecular flexibility index (Phi) is 2.82.